The van der Waals surface area contributed by atoms with Crippen molar-refractivity contribution in [3.05, 3.63) is 42.7 Å². The van der Waals surface area contributed by atoms with E-state index >= 15 is 0 Å². The van der Waals surface area contributed by atoms with E-state index in [-0.39, 0.29) is 17.2 Å². The molecule has 0 spiro atoms. The zero-order chi connectivity index (χ0) is 15.4. The minimum Gasteiger partial charge on any atom is -0.339 e. The third-order valence-corrected chi connectivity index (χ3v) is 5.32. The Hall–Kier alpha value is -1.82. The van der Waals surface area contributed by atoms with Crippen molar-refractivity contribution in [1.82, 2.24) is 19.9 Å². The molecule has 2 unspecified atom stereocenters. The fraction of sp³-hybridized carbons (Fsp3) is 0.438. The summed E-state index contributed by atoms with van der Waals surface area (Å²) in [5, 5.41) is 7.88. The number of amides is 1. The highest BCUT2D eigenvalue weighted by atomic mass is 32.2. The molecule has 22 heavy (non-hydrogen) atoms. The molecule has 1 aliphatic rings. The van der Waals surface area contributed by atoms with E-state index in [1.165, 1.54) is 0 Å². The molecule has 0 radical (unpaired) electrons. The van der Waals surface area contributed by atoms with E-state index in [9.17, 15) is 4.79 Å². The Balaban J connectivity index is 1.62. The maximum Gasteiger partial charge on any atom is 0.236 e. The minimum absolute atomic E-state index is 0.0168. The summed E-state index contributed by atoms with van der Waals surface area (Å²) in [6, 6.07) is 10.4. The third-order valence-electron chi connectivity index (χ3n) is 3.96. The van der Waals surface area contributed by atoms with Crippen LogP contribution >= 0.6 is 11.8 Å². The highest BCUT2D eigenvalue weighted by Crippen LogP contribution is 2.29. The molecule has 2 aromatic rings. The molecule has 0 N–H and O–H groups in total. The second-order valence-corrected chi connectivity index (χ2v) is 6.71. The standard InChI is InChI=1S/C16H20N4OS/c1-2-15(22-14-6-4-3-5-7-14)16(21)19-10-8-13(12-19)20-11-9-17-18-20/h3-7,9,11,13,15H,2,8,10,12H2,1H3. The van der Waals surface area contributed by atoms with Crippen LogP contribution in [-0.2, 0) is 4.79 Å². The first-order valence-electron chi connectivity index (χ1n) is 7.64. The first kappa shape index (κ1) is 15.1. The number of hydrogen-bond acceptors (Lipinski definition) is 4. The van der Waals surface area contributed by atoms with Crippen molar-refractivity contribution in [2.45, 2.75) is 36.0 Å². The van der Waals surface area contributed by atoms with E-state index in [0.29, 0.717) is 0 Å². The smallest absolute Gasteiger partial charge is 0.236 e. The maximum atomic E-state index is 12.8. The molecule has 1 amide bonds. The van der Waals surface area contributed by atoms with Crippen LogP contribution in [0.25, 0.3) is 0 Å². The summed E-state index contributed by atoms with van der Waals surface area (Å²) in [5.41, 5.74) is 0. The van der Waals surface area contributed by atoms with Gasteiger partial charge in [-0.15, -0.1) is 16.9 Å². The molecule has 0 bridgehead atoms. The number of rotatable bonds is 5. The first-order chi connectivity index (χ1) is 10.8. The summed E-state index contributed by atoms with van der Waals surface area (Å²) in [7, 11) is 0. The van der Waals surface area contributed by atoms with Gasteiger partial charge in [-0.05, 0) is 25.0 Å². The third kappa shape index (κ3) is 3.32. The molecule has 5 nitrogen and oxygen atoms in total. The zero-order valence-electron chi connectivity index (χ0n) is 12.6. The SMILES string of the molecule is CCC(Sc1ccccc1)C(=O)N1CCC(n2ccnn2)C1. The molecule has 3 rings (SSSR count). The second-order valence-electron chi connectivity index (χ2n) is 5.44. The van der Waals surface area contributed by atoms with Crippen molar-refractivity contribution in [1.29, 1.82) is 0 Å². The predicted molar refractivity (Wildman–Crippen MR) is 86.6 cm³/mol. The van der Waals surface area contributed by atoms with Crippen LogP contribution in [0.15, 0.2) is 47.6 Å². The van der Waals surface area contributed by atoms with Crippen LogP contribution in [0.2, 0.25) is 0 Å². The van der Waals surface area contributed by atoms with Crippen molar-refractivity contribution < 1.29 is 4.79 Å². The van der Waals surface area contributed by atoms with Crippen molar-refractivity contribution in [2.24, 2.45) is 0 Å². The van der Waals surface area contributed by atoms with Gasteiger partial charge in [0, 0.05) is 24.2 Å². The Morgan fingerprint density at radius 2 is 2.23 bits per heavy atom. The molecule has 1 saturated heterocycles. The molecule has 1 fully saturated rings. The number of hydrogen-bond donors (Lipinski definition) is 0. The van der Waals surface area contributed by atoms with Crippen LogP contribution in [0.4, 0.5) is 0 Å². The van der Waals surface area contributed by atoms with Gasteiger partial charge < -0.3 is 4.90 Å². The summed E-state index contributed by atoms with van der Waals surface area (Å²) < 4.78 is 1.86. The normalized spacial score (nSPS) is 19.3. The Morgan fingerprint density at radius 3 is 2.91 bits per heavy atom. The second kappa shape index (κ2) is 6.96. The van der Waals surface area contributed by atoms with Crippen LogP contribution in [-0.4, -0.2) is 44.1 Å². The minimum atomic E-state index is -0.0168. The highest BCUT2D eigenvalue weighted by Gasteiger charge is 2.31. The Bertz CT molecular complexity index is 602. The molecular formula is C16H20N4OS. The van der Waals surface area contributed by atoms with Gasteiger partial charge in [0.2, 0.25) is 5.91 Å². The molecular weight excluding hydrogens is 296 g/mol. The van der Waals surface area contributed by atoms with Crippen molar-refractivity contribution in [3.8, 4) is 0 Å². The Morgan fingerprint density at radius 1 is 1.41 bits per heavy atom. The average Bonchev–Trinajstić information content (AvgIpc) is 3.23. The average molecular weight is 316 g/mol. The maximum absolute atomic E-state index is 12.8. The van der Waals surface area contributed by atoms with Crippen LogP contribution < -0.4 is 0 Å². The van der Waals surface area contributed by atoms with Gasteiger partial charge in [-0.1, -0.05) is 30.3 Å². The van der Waals surface area contributed by atoms with Crippen LogP contribution in [0.5, 0.6) is 0 Å². The molecule has 0 aliphatic carbocycles. The van der Waals surface area contributed by atoms with Gasteiger partial charge in [0.1, 0.15) is 0 Å². The van der Waals surface area contributed by atoms with E-state index < -0.39 is 0 Å². The molecule has 2 heterocycles. The van der Waals surface area contributed by atoms with Gasteiger partial charge in [0.05, 0.1) is 17.5 Å². The highest BCUT2D eigenvalue weighted by molar-refractivity contribution is 8.00. The largest absolute Gasteiger partial charge is 0.339 e. The van der Waals surface area contributed by atoms with Gasteiger partial charge in [-0.3, -0.25) is 4.79 Å². The number of likely N-dealkylation sites (tertiary alicyclic amines) is 1. The van der Waals surface area contributed by atoms with E-state index in [0.717, 1.165) is 30.8 Å². The van der Waals surface area contributed by atoms with E-state index in [1.807, 2.05) is 34.0 Å². The summed E-state index contributed by atoms with van der Waals surface area (Å²) >= 11 is 1.66. The fourth-order valence-corrected chi connectivity index (χ4v) is 3.80. The lowest BCUT2D eigenvalue weighted by Gasteiger charge is -2.22. The van der Waals surface area contributed by atoms with Gasteiger partial charge in [0.15, 0.2) is 0 Å². The number of benzene rings is 1. The van der Waals surface area contributed by atoms with E-state index in [4.69, 9.17) is 0 Å². The van der Waals surface area contributed by atoms with E-state index in [2.05, 4.69) is 29.4 Å². The summed E-state index contributed by atoms with van der Waals surface area (Å²) in [6.45, 7) is 3.60. The Labute approximate surface area is 134 Å². The lowest BCUT2D eigenvalue weighted by atomic mass is 10.3. The zero-order valence-corrected chi connectivity index (χ0v) is 13.4. The lowest BCUT2D eigenvalue weighted by Crippen LogP contribution is -2.36. The summed E-state index contributed by atoms with van der Waals surface area (Å²) in [4.78, 5) is 15.9. The molecule has 116 valence electrons. The van der Waals surface area contributed by atoms with Crippen LogP contribution in [0.3, 0.4) is 0 Å². The monoisotopic (exact) mass is 316 g/mol. The number of nitrogens with zero attached hydrogens (tertiary/aromatic N) is 4. The van der Waals surface area contributed by atoms with Crippen molar-refractivity contribution in [2.75, 3.05) is 13.1 Å². The molecule has 1 aromatic carbocycles. The Kier molecular flexibility index (Phi) is 4.77. The van der Waals surface area contributed by atoms with Gasteiger partial charge in [-0.2, -0.15) is 0 Å². The molecule has 0 saturated carbocycles. The van der Waals surface area contributed by atoms with Crippen molar-refractivity contribution in [3.63, 3.8) is 0 Å². The van der Waals surface area contributed by atoms with Crippen LogP contribution in [0.1, 0.15) is 25.8 Å². The number of thioether (sulfide) groups is 1. The molecule has 6 heteroatoms. The molecule has 1 aliphatic heterocycles. The molecule has 1 aromatic heterocycles. The van der Waals surface area contributed by atoms with Crippen LogP contribution in [0, 0.1) is 0 Å². The number of carbonyl (C=O) groups is 1. The quantitative estimate of drug-likeness (QED) is 0.796. The summed E-state index contributed by atoms with van der Waals surface area (Å²) in [5.74, 6) is 0.235. The van der Waals surface area contributed by atoms with E-state index in [1.54, 1.807) is 18.0 Å². The van der Waals surface area contributed by atoms with Gasteiger partial charge in [0.25, 0.3) is 0 Å². The lowest BCUT2D eigenvalue weighted by molar-refractivity contribution is -0.129. The predicted octanol–water partition coefficient (Wildman–Crippen LogP) is 2.62. The van der Waals surface area contributed by atoms with Crippen molar-refractivity contribution >= 4 is 17.7 Å². The fourth-order valence-electron chi connectivity index (χ4n) is 2.75. The topological polar surface area (TPSA) is 51.0 Å². The molecule has 2 atom stereocenters. The first-order valence-corrected chi connectivity index (χ1v) is 8.52. The van der Waals surface area contributed by atoms with Gasteiger partial charge in [-0.25, -0.2) is 4.68 Å². The number of aromatic nitrogens is 3. The van der Waals surface area contributed by atoms with Gasteiger partial charge >= 0.3 is 0 Å². The number of carbonyl (C=O) groups excluding carboxylic acids is 1. The summed E-state index contributed by atoms with van der Waals surface area (Å²) in [6.07, 6.45) is 5.34.